The van der Waals surface area contributed by atoms with Gasteiger partial charge in [0.05, 0.1) is 19.8 Å². The van der Waals surface area contributed by atoms with Gasteiger partial charge in [-0.05, 0) is 31.7 Å². The first-order valence-electron chi connectivity index (χ1n) is 9.42. The van der Waals surface area contributed by atoms with Crippen LogP contribution in [0.4, 0.5) is 0 Å². The van der Waals surface area contributed by atoms with Crippen LogP contribution in [0.1, 0.15) is 38.7 Å². The Hall–Kier alpha value is -1.59. The maximum absolute atomic E-state index is 5.55. The summed E-state index contributed by atoms with van der Waals surface area (Å²) < 4.78 is 11.0. The van der Waals surface area contributed by atoms with Crippen molar-refractivity contribution in [2.24, 2.45) is 4.99 Å². The highest BCUT2D eigenvalue weighted by molar-refractivity contribution is 5.79. The van der Waals surface area contributed by atoms with Gasteiger partial charge in [0, 0.05) is 26.2 Å². The SMILES string of the molecule is CCCCOCCOCCNC(=NC)NC(C)CCc1ccccc1. The van der Waals surface area contributed by atoms with Gasteiger partial charge in [0.1, 0.15) is 0 Å². The first-order chi connectivity index (χ1) is 12.3. The molecule has 5 nitrogen and oxygen atoms in total. The van der Waals surface area contributed by atoms with Crippen molar-refractivity contribution in [1.29, 1.82) is 0 Å². The van der Waals surface area contributed by atoms with E-state index in [0.717, 1.165) is 38.4 Å². The first-order valence-corrected chi connectivity index (χ1v) is 9.42. The summed E-state index contributed by atoms with van der Waals surface area (Å²) in [6, 6.07) is 10.9. The lowest BCUT2D eigenvalue weighted by atomic mass is 10.1. The predicted octanol–water partition coefficient (Wildman–Crippen LogP) is 3.01. The molecule has 142 valence electrons. The molecule has 0 heterocycles. The number of guanidine groups is 1. The fraction of sp³-hybridized carbons (Fsp3) is 0.650. The molecule has 0 amide bonds. The van der Waals surface area contributed by atoms with E-state index < -0.39 is 0 Å². The van der Waals surface area contributed by atoms with E-state index >= 15 is 0 Å². The lowest BCUT2D eigenvalue weighted by molar-refractivity contribution is 0.0487. The smallest absolute Gasteiger partial charge is 0.191 e. The van der Waals surface area contributed by atoms with Crippen LogP contribution in [0.15, 0.2) is 35.3 Å². The van der Waals surface area contributed by atoms with Crippen LogP contribution in [-0.2, 0) is 15.9 Å². The average molecular weight is 350 g/mol. The summed E-state index contributed by atoms with van der Waals surface area (Å²) in [7, 11) is 1.79. The Labute approximate surface area is 153 Å². The Kier molecular flexibility index (Phi) is 12.6. The number of aliphatic imine (C=N–C) groups is 1. The van der Waals surface area contributed by atoms with Crippen molar-refractivity contribution >= 4 is 5.96 Å². The molecule has 1 aromatic rings. The Morgan fingerprint density at radius 3 is 2.48 bits per heavy atom. The number of nitrogens with one attached hydrogen (secondary N) is 2. The molecular formula is C20H35N3O2. The lowest BCUT2D eigenvalue weighted by Crippen LogP contribution is -2.43. The highest BCUT2D eigenvalue weighted by atomic mass is 16.5. The number of aryl methyl sites for hydroxylation is 1. The van der Waals surface area contributed by atoms with Crippen LogP contribution in [0.2, 0.25) is 0 Å². The molecule has 0 radical (unpaired) electrons. The van der Waals surface area contributed by atoms with Crippen molar-refractivity contribution in [3.63, 3.8) is 0 Å². The summed E-state index contributed by atoms with van der Waals surface area (Å²) in [5.74, 6) is 0.823. The number of hydrogen-bond acceptors (Lipinski definition) is 3. The highest BCUT2D eigenvalue weighted by Gasteiger charge is 2.05. The summed E-state index contributed by atoms with van der Waals surface area (Å²) in [6.45, 7) is 7.87. The van der Waals surface area contributed by atoms with E-state index in [0.29, 0.717) is 25.9 Å². The second-order valence-electron chi connectivity index (χ2n) is 6.15. The molecule has 1 unspecified atom stereocenters. The fourth-order valence-corrected chi connectivity index (χ4v) is 2.34. The molecule has 0 aliphatic rings. The van der Waals surface area contributed by atoms with Gasteiger partial charge in [-0.3, -0.25) is 4.99 Å². The largest absolute Gasteiger partial charge is 0.379 e. The Morgan fingerprint density at radius 2 is 1.80 bits per heavy atom. The van der Waals surface area contributed by atoms with E-state index in [4.69, 9.17) is 9.47 Å². The average Bonchev–Trinajstić information content (AvgIpc) is 2.65. The van der Waals surface area contributed by atoms with Gasteiger partial charge < -0.3 is 20.1 Å². The van der Waals surface area contributed by atoms with Crippen molar-refractivity contribution in [3.8, 4) is 0 Å². The van der Waals surface area contributed by atoms with Crippen LogP contribution in [0.5, 0.6) is 0 Å². The maximum atomic E-state index is 5.55. The number of rotatable bonds is 13. The van der Waals surface area contributed by atoms with Gasteiger partial charge in [-0.1, -0.05) is 43.7 Å². The van der Waals surface area contributed by atoms with Gasteiger partial charge >= 0.3 is 0 Å². The van der Waals surface area contributed by atoms with Gasteiger partial charge in [-0.15, -0.1) is 0 Å². The molecule has 1 aromatic carbocycles. The summed E-state index contributed by atoms with van der Waals surface area (Å²) in [6.07, 6.45) is 4.41. The van der Waals surface area contributed by atoms with E-state index in [1.165, 1.54) is 12.0 Å². The van der Waals surface area contributed by atoms with Crippen LogP contribution >= 0.6 is 0 Å². The topological polar surface area (TPSA) is 54.9 Å². The van der Waals surface area contributed by atoms with E-state index in [1.54, 1.807) is 7.05 Å². The predicted molar refractivity (Wildman–Crippen MR) is 105 cm³/mol. The van der Waals surface area contributed by atoms with Gasteiger partial charge in [-0.2, -0.15) is 0 Å². The van der Waals surface area contributed by atoms with Crippen LogP contribution < -0.4 is 10.6 Å². The van der Waals surface area contributed by atoms with Gasteiger partial charge in [0.25, 0.3) is 0 Å². The molecule has 0 fully saturated rings. The summed E-state index contributed by atoms with van der Waals surface area (Å²) in [4.78, 5) is 4.26. The molecule has 1 rings (SSSR count). The Balaban J connectivity index is 2.05. The minimum Gasteiger partial charge on any atom is -0.379 e. The van der Waals surface area contributed by atoms with Crippen molar-refractivity contribution in [3.05, 3.63) is 35.9 Å². The second-order valence-corrected chi connectivity index (χ2v) is 6.15. The second kappa shape index (κ2) is 14.7. The van der Waals surface area contributed by atoms with E-state index in [1.807, 2.05) is 0 Å². The first kappa shape index (κ1) is 21.5. The number of ether oxygens (including phenoxy) is 2. The van der Waals surface area contributed by atoms with Crippen LogP contribution in [0.3, 0.4) is 0 Å². The van der Waals surface area contributed by atoms with Gasteiger partial charge in [-0.25, -0.2) is 0 Å². The molecule has 0 aliphatic carbocycles. The molecule has 2 N–H and O–H groups in total. The third-order valence-corrected chi connectivity index (χ3v) is 3.87. The molecule has 0 spiro atoms. The zero-order chi connectivity index (χ0) is 18.2. The molecule has 0 bridgehead atoms. The molecule has 0 aromatic heterocycles. The van der Waals surface area contributed by atoms with Gasteiger partial charge in [0.2, 0.25) is 0 Å². The minimum atomic E-state index is 0.360. The van der Waals surface area contributed by atoms with Crippen molar-refractivity contribution in [2.45, 2.75) is 45.6 Å². The fourth-order valence-electron chi connectivity index (χ4n) is 2.34. The van der Waals surface area contributed by atoms with Crippen LogP contribution in [0.25, 0.3) is 0 Å². The zero-order valence-electron chi connectivity index (χ0n) is 16.1. The number of unbranched alkanes of at least 4 members (excludes halogenated alkanes) is 1. The molecule has 0 aliphatic heterocycles. The Bertz CT molecular complexity index is 452. The van der Waals surface area contributed by atoms with Crippen molar-refractivity contribution in [1.82, 2.24) is 10.6 Å². The third kappa shape index (κ3) is 11.6. The zero-order valence-corrected chi connectivity index (χ0v) is 16.1. The number of benzene rings is 1. The molecule has 0 saturated carbocycles. The normalized spacial score (nSPS) is 12.8. The maximum Gasteiger partial charge on any atom is 0.191 e. The molecule has 1 atom stereocenters. The summed E-state index contributed by atoms with van der Waals surface area (Å²) in [5, 5.41) is 6.70. The molecule has 0 saturated heterocycles. The Morgan fingerprint density at radius 1 is 1.08 bits per heavy atom. The summed E-state index contributed by atoms with van der Waals surface area (Å²) in [5.41, 5.74) is 1.37. The van der Waals surface area contributed by atoms with E-state index in [-0.39, 0.29) is 0 Å². The van der Waals surface area contributed by atoms with E-state index in [9.17, 15) is 0 Å². The van der Waals surface area contributed by atoms with E-state index in [2.05, 4.69) is 59.8 Å². The van der Waals surface area contributed by atoms with Crippen molar-refractivity contribution in [2.75, 3.05) is 40.0 Å². The lowest BCUT2D eigenvalue weighted by Gasteiger charge is -2.18. The summed E-state index contributed by atoms with van der Waals surface area (Å²) >= 11 is 0. The van der Waals surface area contributed by atoms with Crippen molar-refractivity contribution < 1.29 is 9.47 Å². The number of nitrogens with zero attached hydrogens (tertiary/aromatic N) is 1. The third-order valence-electron chi connectivity index (χ3n) is 3.87. The molecular weight excluding hydrogens is 314 g/mol. The quantitative estimate of drug-likeness (QED) is 0.327. The molecule has 5 heteroatoms. The molecule has 25 heavy (non-hydrogen) atoms. The highest BCUT2D eigenvalue weighted by Crippen LogP contribution is 2.04. The van der Waals surface area contributed by atoms with Crippen LogP contribution in [-0.4, -0.2) is 52.0 Å². The monoisotopic (exact) mass is 349 g/mol. The standard InChI is InChI=1S/C20H35N3O2/c1-4-5-14-24-16-17-25-15-13-22-20(21-3)23-18(2)11-12-19-9-7-6-8-10-19/h6-10,18H,4-5,11-17H2,1-3H3,(H2,21,22,23). The van der Waals surface area contributed by atoms with Gasteiger partial charge in [0.15, 0.2) is 5.96 Å². The minimum absolute atomic E-state index is 0.360. The van der Waals surface area contributed by atoms with Crippen LogP contribution in [0, 0.1) is 0 Å². The number of hydrogen-bond donors (Lipinski definition) is 2.